The van der Waals surface area contributed by atoms with Crippen molar-refractivity contribution in [1.29, 1.82) is 0 Å². The third kappa shape index (κ3) is 6.10. The van der Waals surface area contributed by atoms with E-state index in [1.54, 1.807) is 28.3 Å². The van der Waals surface area contributed by atoms with Gasteiger partial charge in [-0.3, -0.25) is 4.55 Å². The van der Waals surface area contributed by atoms with Crippen molar-refractivity contribution < 1.29 is 32.3 Å². The van der Waals surface area contributed by atoms with Crippen molar-refractivity contribution in [3.63, 3.8) is 0 Å². The highest BCUT2D eigenvalue weighted by Crippen LogP contribution is 2.53. The smallest absolute Gasteiger partial charge is 0.294 e. The van der Waals surface area contributed by atoms with Crippen molar-refractivity contribution in [2.24, 2.45) is 0 Å². The molecule has 0 heterocycles. The number of phenols is 1. The number of ether oxygens (including phenoxy) is 3. The van der Waals surface area contributed by atoms with Gasteiger partial charge in [0.1, 0.15) is 23.0 Å². The predicted molar refractivity (Wildman–Crippen MR) is 151 cm³/mol. The van der Waals surface area contributed by atoms with Crippen molar-refractivity contribution in [2.45, 2.75) is 17.0 Å². The molecule has 0 aromatic heterocycles. The molecule has 0 bridgehead atoms. The van der Waals surface area contributed by atoms with Crippen molar-refractivity contribution in [3.05, 3.63) is 113 Å². The minimum absolute atomic E-state index is 0.148. The second-order valence-corrected chi connectivity index (χ2v) is 10.6. The fraction of sp³-hybridized carbons (Fsp3) is 0.172. The molecule has 0 aliphatic heterocycles. The van der Waals surface area contributed by atoms with Crippen molar-refractivity contribution in [3.8, 4) is 23.0 Å². The van der Waals surface area contributed by atoms with Crippen LogP contribution < -0.4 is 14.2 Å². The Morgan fingerprint density at radius 2 is 1.05 bits per heavy atom. The van der Waals surface area contributed by atoms with E-state index in [4.69, 9.17) is 23.9 Å². The summed E-state index contributed by atoms with van der Waals surface area (Å²) in [5, 5.41) is 8.48. The van der Waals surface area contributed by atoms with Crippen LogP contribution in [0.3, 0.4) is 0 Å². The second kappa shape index (κ2) is 12.3. The fourth-order valence-electron chi connectivity index (χ4n) is 4.10. The van der Waals surface area contributed by atoms with Gasteiger partial charge in [0.05, 0.1) is 31.4 Å². The van der Waals surface area contributed by atoms with Gasteiger partial charge in [-0.15, -0.1) is 9.24 Å². The van der Waals surface area contributed by atoms with Crippen LogP contribution in [0.2, 0.25) is 0 Å². The zero-order chi connectivity index (χ0) is 27.9. The third-order valence-electron chi connectivity index (χ3n) is 6.07. The molecule has 200 valence electrons. The molecule has 0 amide bonds. The van der Waals surface area contributed by atoms with Gasteiger partial charge in [0.15, 0.2) is 0 Å². The summed E-state index contributed by atoms with van der Waals surface area (Å²) in [5.41, 5.74) is 3.60. The molecule has 38 heavy (non-hydrogen) atoms. The highest BCUT2D eigenvalue weighted by Gasteiger charge is 2.38. The maximum absolute atomic E-state index is 10.5. The van der Waals surface area contributed by atoms with Gasteiger partial charge in [-0.1, -0.05) is 60.7 Å². The zero-order valence-electron chi connectivity index (χ0n) is 21.6. The molecule has 2 N–H and O–H groups in total. The summed E-state index contributed by atoms with van der Waals surface area (Å²) in [5.74, 6) is 2.27. The Labute approximate surface area is 226 Å². The first-order chi connectivity index (χ1) is 18.1. The monoisotopic (exact) mass is 554 g/mol. The van der Waals surface area contributed by atoms with Crippen molar-refractivity contribution in [2.75, 3.05) is 21.3 Å². The zero-order valence-corrected chi connectivity index (χ0v) is 23.6. The summed E-state index contributed by atoms with van der Waals surface area (Å²) in [6.07, 6.45) is 0. The molecule has 4 rings (SSSR count). The molecule has 1 atom stereocenters. The van der Waals surface area contributed by atoms with Gasteiger partial charge in [0.2, 0.25) is 0 Å². The Hall–Kier alpha value is -3.58. The summed E-state index contributed by atoms with van der Waals surface area (Å²) in [7, 11) is 3.87. The number of para-hydroxylation sites is 3. The molecule has 0 spiro atoms. The standard InChI is InChI=1S/C22H23O3P.C7H8O4S/c1-23-19-13-7-4-10-16(19)22(26,17-11-5-8-14-20(17)24-2)18-12-6-9-15-21(18)25-3;1-5-2-3-6(4-7(5)8)12(9,10)11/h4-15H,26H2,1-3H3;2-4,8H,1H3,(H,9,10,11). The van der Waals surface area contributed by atoms with Gasteiger partial charge < -0.3 is 19.3 Å². The molecule has 9 heteroatoms. The van der Waals surface area contributed by atoms with E-state index in [2.05, 4.69) is 27.4 Å². The van der Waals surface area contributed by atoms with E-state index in [-0.39, 0.29) is 10.6 Å². The molecule has 0 fully saturated rings. The Bertz CT molecular complexity index is 1390. The normalized spacial score (nSPS) is 11.2. The largest absolute Gasteiger partial charge is 0.508 e. The van der Waals surface area contributed by atoms with Crippen LogP contribution in [0.1, 0.15) is 22.3 Å². The first-order valence-electron chi connectivity index (χ1n) is 11.5. The summed E-state index contributed by atoms with van der Waals surface area (Å²) in [6, 6.07) is 27.7. The second-order valence-electron chi connectivity index (χ2n) is 8.33. The number of aromatic hydroxyl groups is 1. The lowest BCUT2D eigenvalue weighted by Gasteiger charge is -2.34. The summed E-state index contributed by atoms with van der Waals surface area (Å²) < 4.78 is 46.7. The molecule has 1 unspecified atom stereocenters. The van der Waals surface area contributed by atoms with Crippen molar-refractivity contribution in [1.82, 2.24) is 0 Å². The average molecular weight is 555 g/mol. The quantitative estimate of drug-likeness (QED) is 0.168. The number of phenolic OH excluding ortho intramolecular Hbond substituents is 1. The van der Waals surface area contributed by atoms with Crippen LogP contribution in [0.5, 0.6) is 23.0 Å². The molecule has 0 aliphatic carbocycles. The molecule has 4 aromatic rings. The van der Waals surface area contributed by atoms with E-state index < -0.39 is 15.3 Å². The average Bonchev–Trinajstić information content (AvgIpc) is 2.93. The summed E-state index contributed by atoms with van der Waals surface area (Å²) >= 11 is 0. The topological polar surface area (TPSA) is 102 Å². The fourth-order valence-corrected chi connectivity index (χ4v) is 5.31. The molecule has 0 radical (unpaired) electrons. The minimum atomic E-state index is -4.20. The number of hydrogen-bond donors (Lipinski definition) is 2. The predicted octanol–water partition coefficient (Wildman–Crippen LogP) is 5.83. The van der Waals surface area contributed by atoms with Gasteiger partial charge >= 0.3 is 0 Å². The maximum atomic E-state index is 10.5. The lowest BCUT2D eigenvalue weighted by atomic mass is 9.82. The van der Waals surface area contributed by atoms with Gasteiger partial charge in [0, 0.05) is 22.8 Å². The van der Waals surface area contributed by atoms with Crippen LogP contribution in [-0.2, 0) is 15.3 Å². The molecular weight excluding hydrogens is 523 g/mol. The third-order valence-corrected chi connectivity index (χ3v) is 7.86. The Balaban J connectivity index is 0.000000279. The Morgan fingerprint density at radius 1 is 0.684 bits per heavy atom. The van der Waals surface area contributed by atoms with E-state index in [0.29, 0.717) is 5.56 Å². The van der Waals surface area contributed by atoms with Crippen LogP contribution in [-0.4, -0.2) is 39.4 Å². The number of benzene rings is 4. The Morgan fingerprint density at radius 3 is 1.37 bits per heavy atom. The summed E-state index contributed by atoms with van der Waals surface area (Å²) in [4.78, 5) is -0.300. The van der Waals surface area contributed by atoms with Crippen LogP contribution >= 0.6 is 9.24 Å². The molecule has 4 aromatic carbocycles. The SMILES string of the molecule is COc1ccccc1C(P)(c1ccccc1OC)c1ccccc1OC.Cc1ccc(S(=O)(=O)O)cc1O. The number of aryl methyl sites for hydroxylation is 1. The lowest BCUT2D eigenvalue weighted by molar-refractivity contribution is 0.393. The van der Waals surface area contributed by atoms with E-state index >= 15 is 0 Å². The number of hydrogen-bond acceptors (Lipinski definition) is 6. The van der Waals surface area contributed by atoms with Gasteiger partial charge in [-0.2, -0.15) is 8.42 Å². The number of rotatable bonds is 7. The van der Waals surface area contributed by atoms with E-state index in [1.165, 1.54) is 12.1 Å². The van der Waals surface area contributed by atoms with E-state index in [9.17, 15) is 8.42 Å². The van der Waals surface area contributed by atoms with E-state index in [0.717, 1.165) is 40.0 Å². The molecule has 7 nitrogen and oxygen atoms in total. The lowest BCUT2D eigenvalue weighted by Crippen LogP contribution is -2.24. The molecule has 0 saturated carbocycles. The highest BCUT2D eigenvalue weighted by atomic mass is 32.2. The van der Waals surface area contributed by atoms with Crippen molar-refractivity contribution >= 4 is 19.4 Å². The minimum Gasteiger partial charge on any atom is -0.508 e. The number of methoxy groups -OCH3 is 3. The Kier molecular flexibility index (Phi) is 9.39. The maximum Gasteiger partial charge on any atom is 0.294 e. The van der Waals surface area contributed by atoms with Gasteiger partial charge in [0.25, 0.3) is 10.1 Å². The first-order valence-corrected chi connectivity index (χ1v) is 13.6. The van der Waals surface area contributed by atoms with Crippen LogP contribution in [0.15, 0.2) is 95.9 Å². The first kappa shape index (κ1) is 29.0. The van der Waals surface area contributed by atoms with Crippen LogP contribution in [0.25, 0.3) is 0 Å². The molecular formula is C29H31O7PS. The molecule has 0 aliphatic rings. The van der Waals surface area contributed by atoms with Crippen LogP contribution in [0, 0.1) is 6.92 Å². The van der Waals surface area contributed by atoms with E-state index in [1.807, 2.05) is 54.6 Å². The van der Waals surface area contributed by atoms with Crippen LogP contribution in [0.4, 0.5) is 0 Å². The van der Waals surface area contributed by atoms with Gasteiger partial charge in [-0.25, -0.2) is 0 Å². The highest BCUT2D eigenvalue weighted by molar-refractivity contribution is 7.85. The summed E-state index contributed by atoms with van der Waals surface area (Å²) in [6.45, 7) is 1.63. The van der Waals surface area contributed by atoms with Gasteiger partial charge in [-0.05, 0) is 36.8 Å². The molecule has 0 saturated heterocycles.